The van der Waals surface area contributed by atoms with Crippen LogP contribution in [0.15, 0.2) is 0 Å². The Morgan fingerprint density at radius 2 is 2.00 bits per heavy atom. The van der Waals surface area contributed by atoms with E-state index in [4.69, 9.17) is 0 Å². The summed E-state index contributed by atoms with van der Waals surface area (Å²) in [7, 11) is 0. The van der Waals surface area contributed by atoms with E-state index >= 15 is 0 Å². The Morgan fingerprint density at radius 1 is 1.14 bits per heavy atom. The van der Waals surface area contributed by atoms with Crippen molar-refractivity contribution in [3.8, 4) is 0 Å². The molecule has 1 aromatic heterocycles. The number of hydrogen-bond donors (Lipinski definition) is 0. The predicted octanol–water partition coefficient (Wildman–Crippen LogP) is 2.37. The highest BCUT2D eigenvalue weighted by Crippen LogP contribution is 2.40. The summed E-state index contributed by atoms with van der Waals surface area (Å²) in [6, 6.07) is 0. The van der Waals surface area contributed by atoms with Gasteiger partial charge in [-0.2, -0.15) is 0 Å². The summed E-state index contributed by atoms with van der Waals surface area (Å²) < 4.78 is 2.35. The van der Waals surface area contributed by atoms with Gasteiger partial charge in [-0.1, -0.05) is 13.3 Å². The van der Waals surface area contributed by atoms with Crippen LogP contribution in [0.1, 0.15) is 63.0 Å². The summed E-state index contributed by atoms with van der Waals surface area (Å²) >= 11 is 0. The first kappa shape index (κ1) is 14.2. The number of hydrogen-bond acceptors (Lipinski definition) is 3. The highest BCUT2D eigenvalue weighted by atomic mass is 16.2. The molecule has 5 nitrogen and oxygen atoms in total. The standard InChI is InChI=1S/C17H26N4O/c1-12-10-14(12)17(22)20-8-5-6-13(11-20)16-19-18-15-7-3-2-4-9-21(15)16/h12-14H,2-11H2,1H3/t12-,13-,14+/m1/s1. The van der Waals surface area contributed by atoms with E-state index in [9.17, 15) is 4.79 Å². The van der Waals surface area contributed by atoms with Crippen LogP contribution in [0.3, 0.4) is 0 Å². The number of nitrogens with zero attached hydrogens (tertiary/aromatic N) is 4. The number of rotatable bonds is 2. The molecular weight excluding hydrogens is 276 g/mol. The van der Waals surface area contributed by atoms with E-state index in [-0.39, 0.29) is 0 Å². The lowest BCUT2D eigenvalue weighted by molar-refractivity contribution is -0.134. The van der Waals surface area contributed by atoms with Crippen molar-refractivity contribution in [2.45, 2.75) is 64.3 Å². The monoisotopic (exact) mass is 302 g/mol. The Kier molecular flexibility index (Phi) is 3.66. The third-order valence-corrected chi connectivity index (χ3v) is 5.66. The van der Waals surface area contributed by atoms with E-state index in [1.54, 1.807) is 0 Å². The number of aromatic nitrogens is 3. The third-order valence-electron chi connectivity index (χ3n) is 5.66. The molecule has 2 aliphatic heterocycles. The third kappa shape index (κ3) is 2.55. The minimum atomic E-state index is 0.300. The van der Waals surface area contributed by atoms with E-state index < -0.39 is 0 Å². The fourth-order valence-corrected chi connectivity index (χ4v) is 4.10. The predicted molar refractivity (Wildman–Crippen MR) is 83.4 cm³/mol. The summed E-state index contributed by atoms with van der Waals surface area (Å²) in [6.07, 6.45) is 8.13. The maximum atomic E-state index is 12.5. The van der Waals surface area contributed by atoms with Crippen LogP contribution in [0.4, 0.5) is 0 Å². The van der Waals surface area contributed by atoms with Gasteiger partial charge in [0.25, 0.3) is 0 Å². The van der Waals surface area contributed by atoms with Gasteiger partial charge in [-0.05, 0) is 38.0 Å². The first-order valence-electron chi connectivity index (χ1n) is 8.95. The molecule has 1 aromatic rings. The van der Waals surface area contributed by atoms with E-state index in [1.807, 2.05) is 0 Å². The maximum absolute atomic E-state index is 12.5. The molecule has 0 aromatic carbocycles. The molecule has 0 N–H and O–H groups in total. The highest BCUT2D eigenvalue weighted by Gasteiger charge is 2.42. The molecule has 3 aliphatic rings. The summed E-state index contributed by atoms with van der Waals surface area (Å²) in [4.78, 5) is 14.6. The number of aryl methyl sites for hydroxylation is 1. The zero-order valence-electron chi connectivity index (χ0n) is 13.5. The van der Waals surface area contributed by atoms with Gasteiger partial charge in [0.1, 0.15) is 11.6 Å². The van der Waals surface area contributed by atoms with Crippen LogP contribution < -0.4 is 0 Å². The van der Waals surface area contributed by atoms with E-state index in [0.29, 0.717) is 23.7 Å². The molecular formula is C17H26N4O. The molecule has 22 heavy (non-hydrogen) atoms. The zero-order valence-corrected chi connectivity index (χ0v) is 13.5. The first-order valence-corrected chi connectivity index (χ1v) is 8.95. The molecule has 3 heterocycles. The van der Waals surface area contributed by atoms with Gasteiger partial charge >= 0.3 is 0 Å². The smallest absolute Gasteiger partial charge is 0.225 e. The van der Waals surface area contributed by atoms with Gasteiger partial charge in [0.15, 0.2) is 0 Å². The van der Waals surface area contributed by atoms with Crippen LogP contribution in [-0.2, 0) is 17.8 Å². The van der Waals surface area contributed by atoms with Crippen molar-refractivity contribution in [1.29, 1.82) is 0 Å². The van der Waals surface area contributed by atoms with Crippen LogP contribution in [0.2, 0.25) is 0 Å². The topological polar surface area (TPSA) is 51.0 Å². The summed E-state index contributed by atoms with van der Waals surface area (Å²) in [6.45, 7) is 5.02. The molecule has 0 spiro atoms. The van der Waals surface area contributed by atoms with Gasteiger partial charge in [-0.3, -0.25) is 4.79 Å². The van der Waals surface area contributed by atoms with Crippen molar-refractivity contribution >= 4 is 5.91 Å². The molecule has 1 saturated heterocycles. The number of piperidine rings is 1. The minimum absolute atomic E-state index is 0.300. The highest BCUT2D eigenvalue weighted by molar-refractivity contribution is 5.81. The van der Waals surface area contributed by atoms with Gasteiger partial charge < -0.3 is 9.47 Å². The van der Waals surface area contributed by atoms with Crippen LogP contribution >= 0.6 is 0 Å². The van der Waals surface area contributed by atoms with Crippen molar-refractivity contribution in [2.75, 3.05) is 13.1 Å². The second-order valence-corrected chi connectivity index (χ2v) is 7.38. The normalized spacial score (nSPS) is 31.5. The average molecular weight is 302 g/mol. The molecule has 1 saturated carbocycles. The number of carbonyl (C=O) groups is 1. The first-order chi connectivity index (χ1) is 10.7. The van der Waals surface area contributed by atoms with Gasteiger partial charge in [-0.15, -0.1) is 10.2 Å². The van der Waals surface area contributed by atoms with Crippen LogP contribution in [0, 0.1) is 11.8 Å². The van der Waals surface area contributed by atoms with Gasteiger partial charge in [0, 0.05) is 37.9 Å². The van der Waals surface area contributed by atoms with Crippen LogP contribution in [0.5, 0.6) is 0 Å². The number of fused-ring (bicyclic) bond motifs is 1. The van der Waals surface area contributed by atoms with Crippen molar-refractivity contribution < 1.29 is 4.79 Å². The fraction of sp³-hybridized carbons (Fsp3) is 0.824. The van der Waals surface area contributed by atoms with E-state index in [0.717, 1.165) is 57.0 Å². The molecule has 2 fully saturated rings. The Labute approximate surface area is 132 Å². The summed E-state index contributed by atoms with van der Waals surface area (Å²) in [5.41, 5.74) is 0. The lowest BCUT2D eigenvalue weighted by Crippen LogP contribution is -2.40. The van der Waals surface area contributed by atoms with Gasteiger partial charge in [0.05, 0.1) is 0 Å². The van der Waals surface area contributed by atoms with Crippen molar-refractivity contribution in [1.82, 2.24) is 19.7 Å². The summed E-state index contributed by atoms with van der Waals surface area (Å²) in [5.74, 6) is 3.95. The number of carbonyl (C=O) groups excluding carboxylic acids is 1. The Morgan fingerprint density at radius 3 is 2.82 bits per heavy atom. The number of amides is 1. The largest absolute Gasteiger partial charge is 0.342 e. The van der Waals surface area contributed by atoms with E-state index in [2.05, 4.69) is 26.6 Å². The van der Waals surface area contributed by atoms with Crippen molar-refractivity contribution in [2.24, 2.45) is 11.8 Å². The Hall–Kier alpha value is -1.39. The molecule has 0 radical (unpaired) electrons. The lowest BCUT2D eigenvalue weighted by atomic mass is 9.96. The molecule has 5 heteroatoms. The second kappa shape index (κ2) is 5.67. The van der Waals surface area contributed by atoms with Gasteiger partial charge in [0.2, 0.25) is 5.91 Å². The maximum Gasteiger partial charge on any atom is 0.225 e. The zero-order chi connectivity index (χ0) is 15.1. The molecule has 0 bridgehead atoms. The minimum Gasteiger partial charge on any atom is -0.342 e. The molecule has 1 aliphatic carbocycles. The second-order valence-electron chi connectivity index (χ2n) is 7.38. The summed E-state index contributed by atoms with van der Waals surface area (Å²) in [5, 5.41) is 8.94. The van der Waals surface area contributed by atoms with Crippen molar-refractivity contribution in [3.05, 3.63) is 11.6 Å². The fourth-order valence-electron chi connectivity index (χ4n) is 4.10. The quantitative estimate of drug-likeness (QED) is 0.843. The van der Waals surface area contributed by atoms with Crippen molar-refractivity contribution in [3.63, 3.8) is 0 Å². The number of likely N-dealkylation sites (tertiary alicyclic amines) is 1. The molecule has 0 unspecified atom stereocenters. The molecule has 1 amide bonds. The SMILES string of the molecule is C[C@@H]1C[C@@H]1C(=O)N1CCC[C@@H](c2nnc3n2CCCCC3)C1. The lowest BCUT2D eigenvalue weighted by Gasteiger charge is -2.32. The molecule has 4 rings (SSSR count). The van der Waals surface area contributed by atoms with Gasteiger partial charge in [-0.25, -0.2) is 0 Å². The van der Waals surface area contributed by atoms with Crippen LogP contribution in [-0.4, -0.2) is 38.7 Å². The average Bonchev–Trinajstić information content (AvgIpc) is 3.21. The Balaban J connectivity index is 1.50. The Bertz CT molecular complexity index is 567. The van der Waals surface area contributed by atoms with E-state index in [1.165, 1.54) is 19.3 Å². The molecule has 3 atom stereocenters. The molecule has 120 valence electrons. The van der Waals surface area contributed by atoms with Crippen LogP contribution in [0.25, 0.3) is 0 Å².